The van der Waals surface area contributed by atoms with Crippen LogP contribution in [0.3, 0.4) is 0 Å². The van der Waals surface area contributed by atoms with Crippen LogP contribution >= 0.6 is 0 Å². The highest BCUT2D eigenvalue weighted by Gasteiger charge is 2.18. The summed E-state index contributed by atoms with van der Waals surface area (Å²) in [6.07, 6.45) is -0.809. The Hall–Kier alpha value is -1.58. The summed E-state index contributed by atoms with van der Waals surface area (Å²) in [4.78, 5) is 0. The van der Waals surface area contributed by atoms with Crippen LogP contribution in [0.1, 0.15) is 27.7 Å². The summed E-state index contributed by atoms with van der Waals surface area (Å²) in [5.74, 6) is 0.788. The first-order chi connectivity index (χ1) is 9.85. The van der Waals surface area contributed by atoms with Crippen LogP contribution in [0.15, 0.2) is 42.5 Å². The Labute approximate surface area is 126 Å². The Bertz CT molecular complexity index is 589. The first-order valence-corrected chi connectivity index (χ1v) is 7.44. The van der Waals surface area contributed by atoms with Gasteiger partial charge < -0.3 is 15.2 Å². The highest BCUT2D eigenvalue weighted by atomic mass is 16.5. The smallest absolute Gasteiger partial charge is 0.123 e. The summed E-state index contributed by atoms with van der Waals surface area (Å²) in [5.41, 5.74) is -0.0103. The molecule has 0 radical (unpaired) electrons. The normalized spacial score (nSPS) is 14.9. The van der Waals surface area contributed by atoms with Gasteiger partial charge in [-0.15, -0.1) is 0 Å². The molecule has 0 aliphatic heterocycles. The van der Waals surface area contributed by atoms with Gasteiger partial charge in [0.05, 0.1) is 0 Å². The number of hydrogen-bond donors (Lipinski definition) is 2. The number of nitrogens with one attached hydrogen (secondary N) is 1. The van der Waals surface area contributed by atoms with Crippen molar-refractivity contribution in [1.29, 1.82) is 0 Å². The second-order valence-corrected chi connectivity index (χ2v) is 6.53. The molecule has 0 heterocycles. The number of fused-ring (bicyclic) bond motifs is 1. The number of hydrogen-bond acceptors (Lipinski definition) is 3. The number of benzene rings is 2. The van der Waals surface area contributed by atoms with Crippen molar-refractivity contribution in [3.8, 4) is 5.75 Å². The third-order valence-corrected chi connectivity index (χ3v) is 3.43. The minimum Gasteiger partial charge on any atom is -0.488 e. The fourth-order valence-corrected chi connectivity index (χ4v) is 2.11. The second-order valence-electron chi connectivity index (χ2n) is 6.53. The van der Waals surface area contributed by atoms with Crippen molar-refractivity contribution in [2.24, 2.45) is 0 Å². The fourth-order valence-electron chi connectivity index (χ4n) is 2.11. The summed E-state index contributed by atoms with van der Waals surface area (Å²) < 4.78 is 5.86. The lowest BCUT2D eigenvalue weighted by molar-refractivity contribution is 0.0437. The number of rotatable bonds is 5. The molecule has 2 N–H and O–H groups in total. The summed E-state index contributed by atoms with van der Waals surface area (Å²) in [7, 11) is 0. The maximum atomic E-state index is 10.2. The molecule has 2 aromatic rings. The van der Waals surface area contributed by atoms with Gasteiger partial charge in [0.25, 0.3) is 0 Å². The average Bonchev–Trinajstić information content (AvgIpc) is 2.43. The monoisotopic (exact) mass is 287 g/mol. The van der Waals surface area contributed by atoms with E-state index in [9.17, 15) is 5.11 Å². The van der Waals surface area contributed by atoms with Gasteiger partial charge in [-0.05, 0) is 50.6 Å². The molecule has 0 spiro atoms. The van der Waals surface area contributed by atoms with E-state index in [1.54, 1.807) is 0 Å². The van der Waals surface area contributed by atoms with E-state index < -0.39 is 6.10 Å². The lowest BCUT2D eigenvalue weighted by Gasteiger charge is -2.26. The SMILES string of the molecule is CC(Oc1ccc2ccccc2c1)C(O)CNC(C)(C)C. The molecule has 3 nitrogen and oxygen atoms in total. The van der Waals surface area contributed by atoms with Crippen LogP contribution in [0.5, 0.6) is 5.75 Å². The number of aliphatic hydroxyl groups excluding tert-OH is 1. The third-order valence-electron chi connectivity index (χ3n) is 3.43. The van der Waals surface area contributed by atoms with Crippen LogP contribution in [0, 0.1) is 0 Å². The molecule has 0 bridgehead atoms. The van der Waals surface area contributed by atoms with Crippen LogP contribution in [-0.4, -0.2) is 29.4 Å². The van der Waals surface area contributed by atoms with Crippen LogP contribution < -0.4 is 10.1 Å². The number of ether oxygens (including phenoxy) is 1. The zero-order valence-electron chi connectivity index (χ0n) is 13.3. The Morgan fingerprint density at radius 3 is 2.43 bits per heavy atom. The van der Waals surface area contributed by atoms with E-state index >= 15 is 0 Å². The number of aliphatic hydroxyl groups is 1. The van der Waals surface area contributed by atoms with Crippen molar-refractivity contribution >= 4 is 10.8 Å². The highest BCUT2D eigenvalue weighted by molar-refractivity contribution is 5.83. The van der Waals surface area contributed by atoms with Crippen LogP contribution in [0.25, 0.3) is 10.8 Å². The maximum absolute atomic E-state index is 10.2. The molecular weight excluding hydrogens is 262 g/mol. The van der Waals surface area contributed by atoms with Crippen LogP contribution in [0.2, 0.25) is 0 Å². The maximum Gasteiger partial charge on any atom is 0.123 e. The molecule has 0 saturated carbocycles. The standard InChI is InChI=1S/C18H25NO2/c1-13(17(20)12-19-18(2,3)4)21-16-10-9-14-7-5-6-8-15(14)11-16/h5-11,13,17,19-20H,12H2,1-4H3. The topological polar surface area (TPSA) is 41.5 Å². The molecule has 2 aromatic carbocycles. The van der Waals surface area contributed by atoms with Gasteiger partial charge in [0.2, 0.25) is 0 Å². The molecule has 0 aliphatic rings. The van der Waals surface area contributed by atoms with E-state index in [0.717, 1.165) is 11.1 Å². The first kappa shape index (κ1) is 15.8. The van der Waals surface area contributed by atoms with E-state index in [-0.39, 0.29) is 11.6 Å². The van der Waals surface area contributed by atoms with Gasteiger partial charge in [-0.25, -0.2) is 0 Å². The predicted octanol–water partition coefficient (Wildman–Crippen LogP) is 3.36. The minimum absolute atomic E-state index is 0.0103. The predicted molar refractivity (Wildman–Crippen MR) is 87.8 cm³/mol. The molecule has 2 unspecified atom stereocenters. The molecule has 0 fully saturated rings. The summed E-state index contributed by atoms with van der Waals surface area (Å²) in [6.45, 7) is 8.64. The molecule has 0 amide bonds. The van der Waals surface area contributed by atoms with Gasteiger partial charge in [-0.1, -0.05) is 30.3 Å². The van der Waals surface area contributed by atoms with Gasteiger partial charge in [-0.3, -0.25) is 0 Å². The van der Waals surface area contributed by atoms with E-state index in [1.165, 1.54) is 5.39 Å². The highest BCUT2D eigenvalue weighted by Crippen LogP contribution is 2.21. The van der Waals surface area contributed by atoms with E-state index in [0.29, 0.717) is 6.54 Å². The molecule has 3 heteroatoms. The van der Waals surface area contributed by atoms with E-state index in [2.05, 4.69) is 38.2 Å². The number of β-amino-alcohol motifs (C(OH)–C–C–N with tert-alkyl or cyclic N) is 1. The molecule has 0 aromatic heterocycles. The van der Waals surface area contributed by atoms with Crippen molar-refractivity contribution in [3.63, 3.8) is 0 Å². The minimum atomic E-state index is -0.546. The van der Waals surface area contributed by atoms with Crippen LogP contribution in [0.4, 0.5) is 0 Å². The Kier molecular flexibility index (Phi) is 4.86. The van der Waals surface area contributed by atoms with Crippen molar-refractivity contribution in [3.05, 3.63) is 42.5 Å². The van der Waals surface area contributed by atoms with E-state index in [1.807, 2.05) is 37.3 Å². The van der Waals surface area contributed by atoms with Crippen LogP contribution in [-0.2, 0) is 0 Å². The van der Waals surface area contributed by atoms with Crippen molar-refractivity contribution in [1.82, 2.24) is 5.32 Å². The fraction of sp³-hybridized carbons (Fsp3) is 0.444. The second kappa shape index (κ2) is 6.46. The Morgan fingerprint density at radius 1 is 1.10 bits per heavy atom. The van der Waals surface area contributed by atoms with Crippen molar-refractivity contribution in [2.75, 3.05) is 6.54 Å². The molecule has 114 valence electrons. The summed E-state index contributed by atoms with van der Waals surface area (Å²) >= 11 is 0. The quantitative estimate of drug-likeness (QED) is 0.886. The largest absolute Gasteiger partial charge is 0.488 e. The molecule has 2 atom stereocenters. The lowest BCUT2D eigenvalue weighted by atomic mass is 10.1. The Morgan fingerprint density at radius 2 is 1.76 bits per heavy atom. The van der Waals surface area contributed by atoms with Crippen molar-refractivity contribution < 1.29 is 9.84 Å². The molecule has 2 rings (SSSR count). The lowest BCUT2D eigenvalue weighted by Crippen LogP contribution is -2.45. The summed E-state index contributed by atoms with van der Waals surface area (Å²) in [6, 6.07) is 14.2. The van der Waals surface area contributed by atoms with Gasteiger partial charge in [0, 0.05) is 12.1 Å². The van der Waals surface area contributed by atoms with Gasteiger partial charge in [0.15, 0.2) is 0 Å². The average molecular weight is 287 g/mol. The first-order valence-electron chi connectivity index (χ1n) is 7.44. The third kappa shape index (κ3) is 4.73. The van der Waals surface area contributed by atoms with Crippen molar-refractivity contribution in [2.45, 2.75) is 45.4 Å². The zero-order chi connectivity index (χ0) is 15.5. The van der Waals surface area contributed by atoms with Gasteiger partial charge in [0.1, 0.15) is 18.0 Å². The van der Waals surface area contributed by atoms with Gasteiger partial charge in [-0.2, -0.15) is 0 Å². The zero-order valence-corrected chi connectivity index (χ0v) is 13.3. The molecule has 0 saturated heterocycles. The molecule has 0 aliphatic carbocycles. The Balaban J connectivity index is 1.98. The van der Waals surface area contributed by atoms with Gasteiger partial charge >= 0.3 is 0 Å². The summed E-state index contributed by atoms with van der Waals surface area (Å²) in [5, 5.41) is 15.8. The molecule has 21 heavy (non-hydrogen) atoms. The van der Waals surface area contributed by atoms with E-state index in [4.69, 9.17) is 4.74 Å². The molecular formula is C18H25NO2.